The van der Waals surface area contributed by atoms with Gasteiger partial charge in [-0.25, -0.2) is 4.79 Å². The van der Waals surface area contributed by atoms with E-state index in [1.165, 1.54) is 0 Å². The summed E-state index contributed by atoms with van der Waals surface area (Å²) in [6.45, 7) is 5.66. The maximum atomic E-state index is 10.9. The smallest absolute Gasteiger partial charge is 0.431 e. The molecule has 0 N–H and O–H groups in total. The maximum absolute atomic E-state index is 10.9. The molecular weight excluding hydrogens is 224 g/mol. The fraction of sp³-hybridized carbons (Fsp3) is 0.875. The SMILES string of the molecule is CCC(CC)OC(=O)OC(C)Br. The van der Waals surface area contributed by atoms with Crippen LogP contribution in [0.4, 0.5) is 4.79 Å². The fourth-order valence-corrected chi connectivity index (χ4v) is 0.904. The molecule has 0 aliphatic heterocycles. The quantitative estimate of drug-likeness (QED) is 0.558. The van der Waals surface area contributed by atoms with Gasteiger partial charge in [-0.15, -0.1) is 0 Å². The molecule has 0 fully saturated rings. The molecular formula is C8H15BrO3. The second kappa shape index (κ2) is 6.29. The number of halogens is 1. The van der Waals surface area contributed by atoms with Crippen molar-refractivity contribution >= 4 is 22.1 Å². The van der Waals surface area contributed by atoms with Gasteiger partial charge in [0.05, 0.1) is 0 Å². The first kappa shape index (κ1) is 11.8. The van der Waals surface area contributed by atoms with E-state index in [0.717, 1.165) is 12.8 Å². The zero-order valence-electron chi connectivity index (χ0n) is 7.67. The van der Waals surface area contributed by atoms with Crippen molar-refractivity contribution in [1.29, 1.82) is 0 Å². The largest absolute Gasteiger partial charge is 0.509 e. The van der Waals surface area contributed by atoms with Crippen LogP contribution in [-0.4, -0.2) is 17.3 Å². The first-order chi connectivity index (χ1) is 5.60. The summed E-state index contributed by atoms with van der Waals surface area (Å²) in [6, 6.07) is 0. The van der Waals surface area contributed by atoms with E-state index < -0.39 is 6.16 Å². The second-order valence-electron chi connectivity index (χ2n) is 2.47. The summed E-state index contributed by atoms with van der Waals surface area (Å²) in [5.41, 5.74) is 0. The molecule has 0 saturated heterocycles. The predicted molar refractivity (Wildman–Crippen MR) is 50.3 cm³/mol. The summed E-state index contributed by atoms with van der Waals surface area (Å²) in [5, 5.41) is -0.292. The summed E-state index contributed by atoms with van der Waals surface area (Å²) in [6.07, 6.45) is 1.02. The van der Waals surface area contributed by atoms with Crippen LogP contribution < -0.4 is 0 Å². The number of rotatable bonds is 4. The second-order valence-corrected chi connectivity index (χ2v) is 3.76. The molecule has 0 radical (unpaired) electrons. The van der Waals surface area contributed by atoms with Crippen molar-refractivity contribution in [1.82, 2.24) is 0 Å². The van der Waals surface area contributed by atoms with Crippen LogP contribution in [0.25, 0.3) is 0 Å². The van der Waals surface area contributed by atoms with Crippen LogP contribution in [0.15, 0.2) is 0 Å². The van der Waals surface area contributed by atoms with Gasteiger partial charge in [-0.3, -0.25) is 0 Å². The normalized spacial score (nSPS) is 12.8. The molecule has 1 unspecified atom stereocenters. The van der Waals surface area contributed by atoms with Crippen molar-refractivity contribution in [3.63, 3.8) is 0 Å². The Morgan fingerprint density at radius 3 is 2.17 bits per heavy atom. The molecule has 0 amide bonds. The number of carbonyl (C=O) groups is 1. The van der Waals surface area contributed by atoms with Crippen LogP contribution in [-0.2, 0) is 9.47 Å². The van der Waals surface area contributed by atoms with Crippen molar-refractivity contribution in [2.24, 2.45) is 0 Å². The zero-order valence-corrected chi connectivity index (χ0v) is 9.26. The van der Waals surface area contributed by atoms with Crippen molar-refractivity contribution in [3.05, 3.63) is 0 Å². The van der Waals surface area contributed by atoms with Gasteiger partial charge in [-0.2, -0.15) is 0 Å². The van der Waals surface area contributed by atoms with Crippen LogP contribution in [0.3, 0.4) is 0 Å². The van der Waals surface area contributed by atoms with Crippen LogP contribution >= 0.6 is 15.9 Å². The number of alkyl halides is 1. The summed E-state index contributed by atoms with van der Waals surface area (Å²) >= 11 is 3.09. The fourth-order valence-electron chi connectivity index (χ4n) is 0.752. The minimum atomic E-state index is -0.604. The van der Waals surface area contributed by atoms with Gasteiger partial charge in [-0.05, 0) is 35.7 Å². The number of ether oxygens (including phenoxy) is 2. The van der Waals surface area contributed by atoms with Crippen LogP contribution in [0.1, 0.15) is 33.6 Å². The average Bonchev–Trinajstić information content (AvgIpc) is 1.98. The van der Waals surface area contributed by atoms with E-state index in [0.29, 0.717) is 0 Å². The molecule has 0 aliphatic carbocycles. The Hall–Kier alpha value is -0.250. The molecule has 0 bridgehead atoms. The van der Waals surface area contributed by atoms with E-state index in [9.17, 15) is 4.79 Å². The van der Waals surface area contributed by atoms with Gasteiger partial charge >= 0.3 is 6.16 Å². The summed E-state index contributed by atoms with van der Waals surface area (Å²) in [7, 11) is 0. The molecule has 4 heteroatoms. The highest BCUT2D eigenvalue weighted by atomic mass is 79.9. The number of carbonyl (C=O) groups excluding carboxylic acids is 1. The van der Waals surface area contributed by atoms with Gasteiger partial charge in [0.1, 0.15) is 6.10 Å². The molecule has 0 aliphatic rings. The minimum absolute atomic E-state index is 0.0243. The summed E-state index contributed by atoms with van der Waals surface area (Å²) in [4.78, 5) is 10.9. The zero-order chi connectivity index (χ0) is 9.56. The Kier molecular flexibility index (Phi) is 6.16. The molecule has 0 aromatic rings. The van der Waals surface area contributed by atoms with Gasteiger partial charge in [0.15, 0.2) is 5.01 Å². The molecule has 12 heavy (non-hydrogen) atoms. The molecule has 1 atom stereocenters. The van der Waals surface area contributed by atoms with E-state index in [1.807, 2.05) is 13.8 Å². The molecule has 0 rings (SSSR count). The Morgan fingerprint density at radius 1 is 1.33 bits per heavy atom. The Labute approximate surface area is 81.6 Å². The third-order valence-corrected chi connectivity index (χ3v) is 1.62. The first-order valence-electron chi connectivity index (χ1n) is 4.11. The number of hydrogen-bond acceptors (Lipinski definition) is 3. The molecule has 0 aromatic carbocycles. The Morgan fingerprint density at radius 2 is 1.83 bits per heavy atom. The monoisotopic (exact) mass is 238 g/mol. The van der Waals surface area contributed by atoms with E-state index >= 15 is 0 Å². The van der Waals surface area contributed by atoms with Gasteiger partial charge in [-0.1, -0.05) is 13.8 Å². The topological polar surface area (TPSA) is 35.5 Å². The lowest BCUT2D eigenvalue weighted by molar-refractivity contribution is 0.0190. The highest BCUT2D eigenvalue weighted by molar-refractivity contribution is 9.09. The van der Waals surface area contributed by atoms with Gasteiger partial charge in [0.25, 0.3) is 0 Å². The van der Waals surface area contributed by atoms with Crippen LogP contribution in [0, 0.1) is 0 Å². The summed E-state index contributed by atoms with van der Waals surface area (Å²) < 4.78 is 9.71. The lowest BCUT2D eigenvalue weighted by Gasteiger charge is -2.14. The minimum Gasteiger partial charge on any atom is -0.431 e. The average molecular weight is 239 g/mol. The van der Waals surface area contributed by atoms with Gasteiger partial charge < -0.3 is 9.47 Å². The first-order valence-corrected chi connectivity index (χ1v) is 5.03. The third kappa shape index (κ3) is 5.41. The van der Waals surface area contributed by atoms with Crippen LogP contribution in [0.2, 0.25) is 0 Å². The highest BCUT2D eigenvalue weighted by Crippen LogP contribution is 2.07. The molecule has 72 valence electrons. The van der Waals surface area contributed by atoms with Crippen molar-refractivity contribution in [3.8, 4) is 0 Å². The van der Waals surface area contributed by atoms with Crippen molar-refractivity contribution in [2.75, 3.05) is 0 Å². The molecule has 0 spiro atoms. The Bertz CT molecular complexity index is 132. The van der Waals surface area contributed by atoms with Crippen molar-refractivity contribution in [2.45, 2.75) is 44.7 Å². The Balaban J connectivity index is 3.66. The standard InChI is InChI=1S/C8H15BrO3/c1-4-7(5-2)12-8(10)11-6(3)9/h6-7H,4-5H2,1-3H3. The van der Waals surface area contributed by atoms with E-state index in [-0.39, 0.29) is 11.1 Å². The lowest BCUT2D eigenvalue weighted by Crippen LogP contribution is -2.19. The van der Waals surface area contributed by atoms with Gasteiger partial charge in [0, 0.05) is 0 Å². The highest BCUT2D eigenvalue weighted by Gasteiger charge is 2.12. The van der Waals surface area contributed by atoms with E-state index in [1.54, 1.807) is 6.92 Å². The molecule has 0 heterocycles. The maximum Gasteiger partial charge on any atom is 0.509 e. The summed E-state index contributed by atoms with van der Waals surface area (Å²) in [5.74, 6) is 0. The third-order valence-electron chi connectivity index (χ3n) is 1.43. The van der Waals surface area contributed by atoms with Crippen molar-refractivity contribution < 1.29 is 14.3 Å². The van der Waals surface area contributed by atoms with Gasteiger partial charge in [0.2, 0.25) is 0 Å². The lowest BCUT2D eigenvalue weighted by atomic mass is 10.2. The number of hydrogen-bond donors (Lipinski definition) is 0. The van der Waals surface area contributed by atoms with Crippen LogP contribution in [0.5, 0.6) is 0 Å². The van der Waals surface area contributed by atoms with E-state index in [2.05, 4.69) is 15.9 Å². The molecule has 0 aromatic heterocycles. The van der Waals surface area contributed by atoms with E-state index in [4.69, 9.17) is 9.47 Å². The predicted octanol–water partition coefficient (Wildman–Crippen LogP) is 3.07. The molecule has 3 nitrogen and oxygen atoms in total. The molecule has 0 saturated carbocycles.